The topological polar surface area (TPSA) is 52.8 Å². The van der Waals surface area contributed by atoms with Gasteiger partial charge < -0.3 is 4.74 Å². The summed E-state index contributed by atoms with van der Waals surface area (Å²) in [6.45, 7) is 2.04. The van der Waals surface area contributed by atoms with Gasteiger partial charge in [0.1, 0.15) is 11.4 Å². The Morgan fingerprint density at radius 3 is 2.43 bits per heavy atom. The molecule has 5 nitrogen and oxygen atoms in total. The van der Waals surface area contributed by atoms with E-state index in [1.54, 1.807) is 23.6 Å². The molecule has 0 radical (unpaired) electrons. The second-order valence-electron chi connectivity index (χ2n) is 6.40. The van der Waals surface area contributed by atoms with Gasteiger partial charge in [0, 0.05) is 5.75 Å². The third-order valence-electron chi connectivity index (χ3n) is 4.43. The van der Waals surface area contributed by atoms with Gasteiger partial charge in [0.25, 0.3) is 0 Å². The van der Waals surface area contributed by atoms with Crippen LogP contribution in [0.1, 0.15) is 11.1 Å². The summed E-state index contributed by atoms with van der Waals surface area (Å²) < 4.78 is 7.20. The lowest BCUT2D eigenvalue weighted by Gasteiger charge is -2.10. The highest BCUT2D eigenvalue weighted by Gasteiger charge is 2.14. The highest BCUT2D eigenvalue weighted by atomic mass is 32.2. The number of ether oxygens (including phenoxy) is 1. The molecule has 0 aliphatic carbocycles. The van der Waals surface area contributed by atoms with Crippen LogP contribution in [0, 0.1) is 6.92 Å². The maximum Gasteiger partial charge on any atom is 0.214 e. The summed E-state index contributed by atoms with van der Waals surface area (Å²) in [5.41, 5.74) is 5.62. The maximum atomic E-state index is 5.47. The zero-order valence-electron chi connectivity index (χ0n) is 15.7. The van der Waals surface area contributed by atoms with E-state index in [9.17, 15) is 0 Å². The van der Waals surface area contributed by atoms with Gasteiger partial charge in [-0.05, 0) is 51.7 Å². The molecule has 0 bridgehead atoms. The Bertz CT molecular complexity index is 1060. The molecule has 0 atom stereocenters. The Morgan fingerprint density at radius 2 is 1.68 bits per heavy atom. The molecule has 0 amide bonds. The summed E-state index contributed by atoms with van der Waals surface area (Å²) in [4.78, 5) is 0. The number of hydrogen-bond acceptors (Lipinski definition) is 5. The molecule has 0 spiro atoms. The Balaban J connectivity index is 1.51. The molecule has 140 valence electrons. The largest absolute Gasteiger partial charge is 0.494 e. The normalized spacial score (nSPS) is 10.8. The van der Waals surface area contributed by atoms with Crippen LogP contribution in [0.4, 0.5) is 0 Å². The molecule has 4 rings (SSSR count). The Labute approximate surface area is 168 Å². The van der Waals surface area contributed by atoms with Crippen molar-refractivity contribution in [3.05, 3.63) is 83.9 Å². The SMILES string of the molecule is COc1ccc(C)cc1-n1nnnc1SCc1ccc(-c2ccccc2)cc1. The molecule has 28 heavy (non-hydrogen) atoms. The predicted molar refractivity (Wildman–Crippen MR) is 112 cm³/mol. The number of methoxy groups -OCH3 is 1. The van der Waals surface area contributed by atoms with Gasteiger partial charge in [0.05, 0.1) is 7.11 Å². The molecule has 0 fully saturated rings. The number of thioether (sulfide) groups is 1. The summed E-state index contributed by atoms with van der Waals surface area (Å²) in [5.74, 6) is 1.52. The second-order valence-corrected chi connectivity index (χ2v) is 7.34. The first-order chi connectivity index (χ1) is 13.7. The van der Waals surface area contributed by atoms with Crippen LogP contribution in [-0.2, 0) is 5.75 Å². The highest BCUT2D eigenvalue weighted by Crippen LogP contribution is 2.29. The fourth-order valence-corrected chi connectivity index (χ4v) is 3.80. The van der Waals surface area contributed by atoms with Crippen molar-refractivity contribution in [3.8, 4) is 22.6 Å². The third kappa shape index (κ3) is 3.92. The van der Waals surface area contributed by atoms with E-state index in [2.05, 4.69) is 64.1 Å². The van der Waals surface area contributed by atoms with Gasteiger partial charge in [-0.25, -0.2) is 0 Å². The van der Waals surface area contributed by atoms with Crippen LogP contribution in [0.5, 0.6) is 5.75 Å². The lowest BCUT2D eigenvalue weighted by molar-refractivity contribution is 0.410. The van der Waals surface area contributed by atoms with Gasteiger partial charge in [0.15, 0.2) is 0 Å². The number of rotatable bonds is 6. The van der Waals surface area contributed by atoms with E-state index in [1.807, 2.05) is 31.2 Å². The van der Waals surface area contributed by atoms with E-state index >= 15 is 0 Å². The molecule has 0 saturated carbocycles. The van der Waals surface area contributed by atoms with Crippen LogP contribution in [0.25, 0.3) is 16.8 Å². The maximum absolute atomic E-state index is 5.47. The smallest absolute Gasteiger partial charge is 0.214 e. The zero-order chi connectivity index (χ0) is 19.3. The van der Waals surface area contributed by atoms with Gasteiger partial charge in [0.2, 0.25) is 5.16 Å². The highest BCUT2D eigenvalue weighted by molar-refractivity contribution is 7.98. The Kier molecular flexibility index (Phi) is 5.39. The van der Waals surface area contributed by atoms with E-state index in [1.165, 1.54) is 16.7 Å². The van der Waals surface area contributed by atoms with Gasteiger partial charge in [-0.1, -0.05) is 72.4 Å². The van der Waals surface area contributed by atoms with Gasteiger partial charge in [-0.15, -0.1) is 5.10 Å². The molecule has 0 unspecified atom stereocenters. The lowest BCUT2D eigenvalue weighted by Crippen LogP contribution is -2.02. The average molecular weight is 388 g/mol. The molecule has 0 N–H and O–H groups in total. The van der Waals surface area contributed by atoms with E-state index in [0.29, 0.717) is 0 Å². The quantitative estimate of drug-likeness (QED) is 0.438. The van der Waals surface area contributed by atoms with Crippen LogP contribution in [-0.4, -0.2) is 27.3 Å². The Morgan fingerprint density at radius 1 is 0.929 bits per heavy atom. The van der Waals surface area contributed by atoms with Crippen LogP contribution >= 0.6 is 11.8 Å². The first-order valence-electron chi connectivity index (χ1n) is 8.95. The first kappa shape index (κ1) is 18.3. The van der Waals surface area contributed by atoms with Crippen molar-refractivity contribution in [1.82, 2.24) is 20.2 Å². The van der Waals surface area contributed by atoms with Crippen molar-refractivity contribution >= 4 is 11.8 Å². The number of aryl methyl sites for hydroxylation is 1. The van der Waals surface area contributed by atoms with Crippen molar-refractivity contribution in [1.29, 1.82) is 0 Å². The summed E-state index contributed by atoms with van der Waals surface area (Å²) >= 11 is 1.60. The van der Waals surface area contributed by atoms with Crippen molar-refractivity contribution in [2.45, 2.75) is 17.8 Å². The van der Waals surface area contributed by atoms with Gasteiger partial charge in [-0.2, -0.15) is 4.68 Å². The van der Waals surface area contributed by atoms with Crippen molar-refractivity contribution < 1.29 is 4.74 Å². The molecule has 6 heteroatoms. The van der Waals surface area contributed by atoms with Gasteiger partial charge >= 0.3 is 0 Å². The summed E-state index contributed by atoms with van der Waals surface area (Å²) in [6.07, 6.45) is 0. The minimum absolute atomic E-state index is 0.732. The molecular formula is C22H20N4OS. The Hall–Kier alpha value is -3.12. The van der Waals surface area contributed by atoms with E-state index < -0.39 is 0 Å². The van der Waals surface area contributed by atoms with Crippen LogP contribution in [0.2, 0.25) is 0 Å². The number of benzene rings is 3. The van der Waals surface area contributed by atoms with Crippen molar-refractivity contribution in [2.24, 2.45) is 0 Å². The van der Waals surface area contributed by atoms with E-state index in [-0.39, 0.29) is 0 Å². The fourth-order valence-electron chi connectivity index (χ4n) is 2.96. The van der Waals surface area contributed by atoms with Crippen molar-refractivity contribution in [2.75, 3.05) is 7.11 Å². The van der Waals surface area contributed by atoms with Crippen LogP contribution < -0.4 is 4.74 Å². The van der Waals surface area contributed by atoms with Crippen LogP contribution in [0.15, 0.2) is 78.0 Å². The minimum Gasteiger partial charge on any atom is -0.494 e. The average Bonchev–Trinajstić information content (AvgIpc) is 3.22. The zero-order valence-corrected chi connectivity index (χ0v) is 16.6. The molecule has 0 saturated heterocycles. The molecule has 3 aromatic carbocycles. The molecular weight excluding hydrogens is 368 g/mol. The van der Waals surface area contributed by atoms with Gasteiger partial charge in [-0.3, -0.25) is 0 Å². The molecule has 1 heterocycles. The van der Waals surface area contributed by atoms with E-state index in [4.69, 9.17) is 4.74 Å². The second kappa shape index (κ2) is 8.27. The third-order valence-corrected chi connectivity index (χ3v) is 5.42. The number of tetrazole rings is 1. The molecule has 0 aliphatic heterocycles. The number of hydrogen-bond donors (Lipinski definition) is 0. The molecule has 1 aromatic heterocycles. The van der Waals surface area contributed by atoms with E-state index in [0.717, 1.165) is 27.9 Å². The summed E-state index contributed by atoms with van der Waals surface area (Å²) in [6, 6.07) is 24.9. The van der Waals surface area contributed by atoms with Crippen LogP contribution in [0.3, 0.4) is 0 Å². The fraction of sp³-hybridized carbons (Fsp3) is 0.136. The summed E-state index contributed by atoms with van der Waals surface area (Å²) in [5, 5.41) is 12.9. The van der Waals surface area contributed by atoms with Crippen molar-refractivity contribution in [3.63, 3.8) is 0 Å². The monoisotopic (exact) mass is 388 g/mol. The standard InChI is InChI=1S/C22H20N4OS/c1-16-8-13-21(27-2)20(14-16)26-22(23-24-25-26)28-15-17-9-11-19(12-10-17)18-6-4-3-5-7-18/h3-14H,15H2,1-2H3. The molecule has 0 aliphatic rings. The number of nitrogens with zero attached hydrogens (tertiary/aromatic N) is 4. The lowest BCUT2D eigenvalue weighted by atomic mass is 10.0. The molecule has 4 aromatic rings. The predicted octanol–water partition coefficient (Wildman–Crippen LogP) is 4.94. The minimum atomic E-state index is 0.732. The summed E-state index contributed by atoms with van der Waals surface area (Å²) in [7, 11) is 1.65. The first-order valence-corrected chi connectivity index (χ1v) is 9.94. The number of aromatic nitrogens is 4.